The highest BCUT2D eigenvalue weighted by Gasteiger charge is 2.10. The molecule has 0 fully saturated rings. The number of carbonyl (C=O) groups excluding carboxylic acids is 1. The lowest BCUT2D eigenvalue weighted by Gasteiger charge is -2.08. The molecule has 5 N–H and O–H groups in total. The normalized spacial score (nSPS) is 10.4. The maximum atomic E-state index is 11.3. The number of carbonyl (C=O) groups is 1. The third-order valence-electron chi connectivity index (χ3n) is 2.55. The SMILES string of the molecule is CCOc1ccc(N)c(SCc2csc(C(=O)NN)n2)c1. The number of rotatable bonds is 6. The summed E-state index contributed by atoms with van der Waals surface area (Å²) >= 11 is 2.81. The molecule has 0 radical (unpaired) electrons. The van der Waals surface area contributed by atoms with Gasteiger partial charge in [-0.2, -0.15) is 0 Å². The van der Waals surface area contributed by atoms with Gasteiger partial charge in [0.2, 0.25) is 0 Å². The third kappa shape index (κ3) is 4.10. The van der Waals surface area contributed by atoms with Gasteiger partial charge in [-0.15, -0.1) is 23.1 Å². The highest BCUT2D eigenvalue weighted by Crippen LogP contribution is 2.31. The predicted molar refractivity (Wildman–Crippen MR) is 85.4 cm³/mol. The summed E-state index contributed by atoms with van der Waals surface area (Å²) in [6, 6.07) is 5.57. The van der Waals surface area contributed by atoms with Crippen LogP contribution in [0.15, 0.2) is 28.5 Å². The van der Waals surface area contributed by atoms with Crippen molar-refractivity contribution in [1.82, 2.24) is 10.4 Å². The number of hydrogen-bond acceptors (Lipinski definition) is 7. The van der Waals surface area contributed by atoms with Crippen LogP contribution in [0.4, 0.5) is 5.69 Å². The number of hydrazine groups is 1. The van der Waals surface area contributed by atoms with Gasteiger partial charge in [0.25, 0.3) is 5.91 Å². The van der Waals surface area contributed by atoms with Crippen LogP contribution >= 0.6 is 23.1 Å². The minimum atomic E-state index is -0.380. The van der Waals surface area contributed by atoms with E-state index in [1.807, 2.05) is 30.5 Å². The van der Waals surface area contributed by atoms with Crippen LogP contribution in [0.25, 0.3) is 0 Å². The van der Waals surface area contributed by atoms with Crippen LogP contribution < -0.4 is 21.7 Å². The van der Waals surface area contributed by atoms with Crippen LogP contribution in [0.5, 0.6) is 5.75 Å². The number of nitrogen functional groups attached to an aromatic ring is 2. The van der Waals surface area contributed by atoms with E-state index in [-0.39, 0.29) is 5.91 Å². The van der Waals surface area contributed by atoms with E-state index in [4.69, 9.17) is 16.3 Å². The van der Waals surface area contributed by atoms with Gasteiger partial charge in [-0.25, -0.2) is 10.8 Å². The molecule has 1 aromatic carbocycles. The van der Waals surface area contributed by atoms with E-state index < -0.39 is 0 Å². The molecule has 8 heteroatoms. The van der Waals surface area contributed by atoms with Gasteiger partial charge in [0.05, 0.1) is 12.3 Å². The maximum absolute atomic E-state index is 11.3. The zero-order valence-corrected chi connectivity index (χ0v) is 13.1. The largest absolute Gasteiger partial charge is 0.494 e. The van der Waals surface area contributed by atoms with Crippen LogP contribution in [-0.2, 0) is 5.75 Å². The Morgan fingerprint density at radius 1 is 1.52 bits per heavy atom. The maximum Gasteiger partial charge on any atom is 0.294 e. The summed E-state index contributed by atoms with van der Waals surface area (Å²) in [5.41, 5.74) is 9.52. The first-order valence-corrected chi connectivity index (χ1v) is 8.11. The van der Waals surface area contributed by atoms with E-state index in [2.05, 4.69) is 10.4 Å². The first kappa shape index (κ1) is 15.6. The lowest BCUT2D eigenvalue weighted by Crippen LogP contribution is -2.29. The molecule has 0 aliphatic carbocycles. The van der Waals surface area contributed by atoms with E-state index in [1.165, 1.54) is 11.3 Å². The summed E-state index contributed by atoms with van der Waals surface area (Å²) in [5.74, 6) is 6.10. The van der Waals surface area contributed by atoms with Crippen LogP contribution in [-0.4, -0.2) is 17.5 Å². The number of amides is 1. The fraction of sp³-hybridized carbons (Fsp3) is 0.231. The van der Waals surface area contributed by atoms with Crippen LogP contribution in [0.3, 0.4) is 0 Å². The van der Waals surface area contributed by atoms with Gasteiger partial charge >= 0.3 is 0 Å². The molecule has 0 saturated heterocycles. The smallest absolute Gasteiger partial charge is 0.294 e. The number of thiazole rings is 1. The first-order valence-electron chi connectivity index (χ1n) is 6.24. The van der Waals surface area contributed by atoms with Crippen molar-refractivity contribution in [1.29, 1.82) is 0 Å². The van der Waals surface area contributed by atoms with Gasteiger partial charge < -0.3 is 10.5 Å². The van der Waals surface area contributed by atoms with Crippen LogP contribution in [0, 0.1) is 0 Å². The highest BCUT2D eigenvalue weighted by atomic mass is 32.2. The molecule has 21 heavy (non-hydrogen) atoms. The molecule has 0 saturated carbocycles. The predicted octanol–water partition coefficient (Wildman–Crippen LogP) is 2.02. The van der Waals surface area contributed by atoms with E-state index in [0.717, 1.165) is 16.3 Å². The summed E-state index contributed by atoms with van der Waals surface area (Å²) in [6.45, 7) is 2.54. The Balaban J connectivity index is 2.04. The molecule has 0 bridgehead atoms. The molecule has 0 spiro atoms. The Labute approximate surface area is 130 Å². The van der Waals surface area contributed by atoms with Crippen molar-refractivity contribution in [2.75, 3.05) is 12.3 Å². The van der Waals surface area contributed by atoms with Gasteiger partial charge in [-0.05, 0) is 25.1 Å². The standard InChI is InChI=1S/C13H16N4O2S2/c1-2-19-9-3-4-10(14)11(5-9)20-6-8-7-21-13(16-8)12(18)17-15/h3-5,7H,2,6,14-15H2,1H3,(H,17,18). The van der Waals surface area contributed by atoms with Crippen molar-refractivity contribution in [2.45, 2.75) is 17.6 Å². The number of nitrogens with one attached hydrogen (secondary N) is 1. The van der Waals surface area contributed by atoms with E-state index in [1.54, 1.807) is 11.8 Å². The average Bonchev–Trinajstić information content (AvgIpc) is 2.96. The summed E-state index contributed by atoms with van der Waals surface area (Å²) in [7, 11) is 0. The van der Waals surface area contributed by atoms with Gasteiger partial charge in [0.1, 0.15) is 5.75 Å². The van der Waals surface area contributed by atoms with E-state index >= 15 is 0 Å². The number of benzene rings is 1. The Bertz CT molecular complexity index is 630. The second-order valence-corrected chi connectivity index (χ2v) is 5.91. The fourth-order valence-electron chi connectivity index (χ4n) is 1.59. The van der Waals surface area contributed by atoms with Crippen molar-refractivity contribution >= 4 is 34.7 Å². The Kier molecular flexibility index (Phi) is 5.43. The molecule has 0 atom stereocenters. The van der Waals surface area contributed by atoms with Crippen molar-refractivity contribution in [3.05, 3.63) is 34.3 Å². The molecule has 2 rings (SSSR count). The number of hydrogen-bond donors (Lipinski definition) is 3. The lowest BCUT2D eigenvalue weighted by molar-refractivity contribution is 0.0953. The summed E-state index contributed by atoms with van der Waals surface area (Å²) in [6.07, 6.45) is 0. The summed E-state index contributed by atoms with van der Waals surface area (Å²) in [5, 5.41) is 2.18. The second-order valence-electron chi connectivity index (χ2n) is 4.04. The topological polar surface area (TPSA) is 103 Å². The number of aromatic nitrogens is 1. The van der Waals surface area contributed by atoms with E-state index in [0.29, 0.717) is 23.1 Å². The molecule has 0 unspecified atom stereocenters. The van der Waals surface area contributed by atoms with Gasteiger partial charge in [-0.1, -0.05) is 0 Å². The zero-order chi connectivity index (χ0) is 15.2. The van der Waals surface area contributed by atoms with Crippen molar-refractivity contribution in [2.24, 2.45) is 5.84 Å². The Morgan fingerprint density at radius 2 is 2.33 bits per heavy atom. The number of ether oxygens (including phenoxy) is 1. The monoisotopic (exact) mass is 324 g/mol. The van der Waals surface area contributed by atoms with Gasteiger partial charge in [0.15, 0.2) is 5.01 Å². The number of nitrogens with two attached hydrogens (primary N) is 2. The first-order chi connectivity index (χ1) is 10.1. The minimum absolute atomic E-state index is 0.351. The summed E-state index contributed by atoms with van der Waals surface area (Å²) < 4.78 is 5.45. The fourth-order valence-corrected chi connectivity index (χ4v) is 3.30. The molecular weight excluding hydrogens is 308 g/mol. The molecule has 6 nitrogen and oxygen atoms in total. The van der Waals surface area contributed by atoms with E-state index in [9.17, 15) is 4.79 Å². The third-order valence-corrected chi connectivity index (χ3v) is 4.54. The van der Waals surface area contributed by atoms with Crippen LogP contribution in [0.1, 0.15) is 22.4 Å². The average molecular weight is 324 g/mol. The molecule has 1 heterocycles. The molecule has 1 amide bonds. The van der Waals surface area contributed by atoms with Crippen molar-refractivity contribution < 1.29 is 9.53 Å². The number of anilines is 1. The molecule has 0 aliphatic heterocycles. The molecule has 0 aliphatic rings. The van der Waals surface area contributed by atoms with Crippen LogP contribution in [0.2, 0.25) is 0 Å². The molecule has 2 aromatic rings. The summed E-state index contributed by atoms with van der Waals surface area (Å²) in [4.78, 5) is 16.5. The molecular formula is C13H16N4O2S2. The quantitative estimate of drug-likeness (QED) is 0.247. The zero-order valence-electron chi connectivity index (χ0n) is 11.5. The second kappa shape index (κ2) is 7.30. The van der Waals surface area contributed by atoms with Crippen molar-refractivity contribution in [3.63, 3.8) is 0 Å². The van der Waals surface area contributed by atoms with Gasteiger partial charge in [-0.3, -0.25) is 10.2 Å². The number of thioether (sulfide) groups is 1. The highest BCUT2D eigenvalue weighted by molar-refractivity contribution is 7.98. The molecule has 1 aromatic heterocycles. The molecule has 112 valence electrons. The lowest BCUT2D eigenvalue weighted by atomic mass is 10.3. The number of nitrogens with zero attached hydrogens (tertiary/aromatic N) is 1. The van der Waals surface area contributed by atoms with Crippen molar-refractivity contribution in [3.8, 4) is 5.75 Å². The minimum Gasteiger partial charge on any atom is -0.494 e. The Hall–Kier alpha value is -1.77. The van der Waals surface area contributed by atoms with Gasteiger partial charge in [0, 0.05) is 21.7 Å². The Morgan fingerprint density at radius 3 is 3.05 bits per heavy atom.